The molecule has 2 aliphatic heterocycles. The quantitative estimate of drug-likeness (QED) is 0.514. The van der Waals surface area contributed by atoms with Gasteiger partial charge in [-0.15, -0.1) is 0 Å². The number of fused-ring (bicyclic) bond motifs is 3. The number of nitrogens with zero attached hydrogens (tertiary/aromatic N) is 5. The Labute approximate surface area is 197 Å². The summed E-state index contributed by atoms with van der Waals surface area (Å²) < 4.78 is 31.1. The van der Waals surface area contributed by atoms with E-state index in [4.69, 9.17) is 28.5 Å². The Morgan fingerprint density at radius 2 is 1.85 bits per heavy atom. The number of benzene rings is 2. The third-order valence-electron chi connectivity index (χ3n) is 5.77. The van der Waals surface area contributed by atoms with E-state index in [1.165, 1.54) is 6.07 Å². The molecule has 0 N–H and O–H groups in total. The monoisotopic (exact) mass is 485 g/mol. The smallest absolute Gasteiger partial charge is 0.274 e. The summed E-state index contributed by atoms with van der Waals surface area (Å²) in [6.07, 6.45) is 1.55. The fourth-order valence-electron chi connectivity index (χ4n) is 4.07. The summed E-state index contributed by atoms with van der Waals surface area (Å²) >= 11 is 12.8. The van der Waals surface area contributed by atoms with Crippen LogP contribution in [0.25, 0.3) is 5.69 Å². The zero-order valence-electron chi connectivity index (χ0n) is 17.2. The zero-order valence-corrected chi connectivity index (χ0v) is 18.7. The maximum atomic E-state index is 14.7. The van der Waals surface area contributed by atoms with Crippen molar-refractivity contribution in [2.75, 3.05) is 13.1 Å². The molecule has 0 radical (unpaired) electrons. The standard InChI is InChI=1S/C23H15Cl2F2N5O/c1-11-22-30-16(23(33)31-8-12(7-28)9-31)10-32(22)17-6-5-13(24)20(25)19(17)21(29-11)18-14(26)3-2-4-15(18)27/h2-6,10-12H,8-9H2,1H3/t11-/m0/s1. The number of nitriles is 1. The number of aliphatic imine (C=N–C) groups is 1. The first-order valence-corrected chi connectivity index (χ1v) is 10.8. The summed E-state index contributed by atoms with van der Waals surface area (Å²) in [4.78, 5) is 23.5. The van der Waals surface area contributed by atoms with Gasteiger partial charge in [0.2, 0.25) is 0 Å². The first-order valence-electron chi connectivity index (χ1n) is 10.1. The van der Waals surface area contributed by atoms with Crippen molar-refractivity contribution in [2.45, 2.75) is 13.0 Å². The molecule has 3 aromatic rings. The summed E-state index contributed by atoms with van der Waals surface area (Å²) in [5.41, 5.74) is 0.554. The van der Waals surface area contributed by atoms with Gasteiger partial charge in [0.05, 0.1) is 39.0 Å². The number of carbonyl (C=O) groups excluding carboxylic acids is 1. The second-order valence-corrected chi connectivity index (χ2v) is 8.68. The number of aromatic nitrogens is 2. The lowest BCUT2D eigenvalue weighted by Gasteiger charge is -2.34. The largest absolute Gasteiger partial charge is 0.334 e. The highest BCUT2D eigenvalue weighted by molar-refractivity contribution is 6.45. The number of imidazole rings is 1. The van der Waals surface area contributed by atoms with Gasteiger partial charge in [-0.3, -0.25) is 9.79 Å². The minimum absolute atomic E-state index is 0.0126. The molecular weight excluding hydrogens is 471 g/mol. The number of halogens is 4. The molecule has 1 fully saturated rings. The lowest BCUT2D eigenvalue weighted by atomic mass is 9.99. The number of hydrogen-bond acceptors (Lipinski definition) is 4. The van der Waals surface area contributed by atoms with Crippen LogP contribution in [0.1, 0.15) is 40.4 Å². The summed E-state index contributed by atoms with van der Waals surface area (Å²) in [6, 6.07) is 8.23. The van der Waals surface area contributed by atoms with Gasteiger partial charge >= 0.3 is 0 Å². The molecule has 2 aliphatic rings. The predicted molar refractivity (Wildman–Crippen MR) is 119 cm³/mol. The fraction of sp³-hybridized carbons (Fsp3) is 0.217. The van der Waals surface area contributed by atoms with E-state index < -0.39 is 17.7 Å². The van der Waals surface area contributed by atoms with Crippen molar-refractivity contribution in [1.82, 2.24) is 14.5 Å². The Balaban J connectivity index is 1.69. The van der Waals surface area contributed by atoms with Gasteiger partial charge in [0.1, 0.15) is 29.2 Å². The van der Waals surface area contributed by atoms with Crippen LogP contribution in [0.2, 0.25) is 10.0 Å². The van der Waals surface area contributed by atoms with Crippen molar-refractivity contribution in [2.24, 2.45) is 10.9 Å². The predicted octanol–water partition coefficient (Wildman–Crippen LogP) is 4.96. The van der Waals surface area contributed by atoms with Crippen LogP contribution in [0.4, 0.5) is 8.78 Å². The van der Waals surface area contributed by atoms with Crippen LogP contribution in [-0.2, 0) is 0 Å². The molecule has 1 atom stereocenters. The molecule has 3 heterocycles. The molecule has 10 heteroatoms. The lowest BCUT2D eigenvalue weighted by Crippen LogP contribution is -2.49. The van der Waals surface area contributed by atoms with Crippen molar-refractivity contribution in [1.29, 1.82) is 5.26 Å². The highest BCUT2D eigenvalue weighted by atomic mass is 35.5. The first kappa shape index (κ1) is 21.6. The van der Waals surface area contributed by atoms with Crippen LogP contribution >= 0.6 is 23.2 Å². The third kappa shape index (κ3) is 3.39. The van der Waals surface area contributed by atoms with E-state index in [2.05, 4.69) is 16.0 Å². The van der Waals surface area contributed by atoms with Gasteiger partial charge in [0, 0.05) is 24.8 Å². The van der Waals surface area contributed by atoms with Gasteiger partial charge in [-0.2, -0.15) is 5.26 Å². The van der Waals surface area contributed by atoms with Gasteiger partial charge in [-0.25, -0.2) is 13.8 Å². The summed E-state index contributed by atoms with van der Waals surface area (Å²) in [7, 11) is 0. The molecule has 1 amide bonds. The average molecular weight is 486 g/mol. The van der Waals surface area contributed by atoms with Crippen LogP contribution in [-0.4, -0.2) is 39.2 Å². The Hall–Kier alpha value is -3.28. The van der Waals surface area contributed by atoms with E-state index in [0.29, 0.717) is 24.6 Å². The highest BCUT2D eigenvalue weighted by Gasteiger charge is 2.35. The maximum Gasteiger partial charge on any atom is 0.274 e. The summed E-state index contributed by atoms with van der Waals surface area (Å²) in [5.74, 6) is -1.66. The molecule has 6 nitrogen and oxygen atoms in total. The number of rotatable bonds is 2. The summed E-state index contributed by atoms with van der Waals surface area (Å²) in [6.45, 7) is 2.41. The molecule has 5 rings (SSSR count). The van der Waals surface area contributed by atoms with Gasteiger partial charge in [-0.05, 0) is 31.2 Å². The number of amides is 1. The van der Waals surface area contributed by atoms with Crippen molar-refractivity contribution in [3.63, 3.8) is 0 Å². The van der Waals surface area contributed by atoms with E-state index in [0.717, 1.165) is 12.1 Å². The molecule has 0 bridgehead atoms. The van der Waals surface area contributed by atoms with Crippen LogP contribution in [0.15, 0.2) is 41.5 Å². The van der Waals surface area contributed by atoms with Gasteiger partial charge < -0.3 is 9.47 Å². The van der Waals surface area contributed by atoms with E-state index in [9.17, 15) is 13.6 Å². The number of likely N-dealkylation sites (tertiary alicyclic amines) is 1. The van der Waals surface area contributed by atoms with E-state index >= 15 is 0 Å². The van der Waals surface area contributed by atoms with E-state index in [-0.39, 0.29) is 44.4 Å². The van der Waals surface area contributed by atoms with Crippen LogP contribution < -0.4 is 0 Å². The molecule has 1 saturated heterocycles. The lowest BCUT2D eigenvalue weighted by molar-refractivity contribution is 0.0571. The van der Waals surface area contributed by atoms with E-state index in [1.54, 1.807) is 34.7 Å². The second-order valence-electron chi connectivity index (χ2n) is 7.90. The van der Waals surface area contributed by atoms with Crippen molar-refractivity contribution >= 4 is 34.8 Å². The van der Waals surface area contributed by atoms with Crippen LogP contribution in [0, 0.1) is 28.9 Å². The van der Waals surface area contributed by atoms with Crippen molar-refractivity contribution in [3.8, 4) is 11.8 Å². The molecular formula is C23H15Cl2F2N5O. The van der Waals surface area contributed by atoms with Gasteiger partial charge in [0.25, 0.3) is 5.91 Å². The van der Waals surface area contributed by atoms with Crippen LogP contribution in [0.5, 0.6) is 0 Å². The average Bonchev–Trinajstić information content (AvgIpc) is 3.15. The second kappa shape index (κ2) is 7.94. The Bertz CT molecular complexity index is 1370. The Morgan fingerprint density at radius 3 is 2.52 bits per heavy atom. The summed E-state index contributed by atoms with van der Waals surface area (Å²) in [5, 5.41) is 9.24. The normalized spacial score (nSPS) is 17.4. The highest BCUT2D eigenvalue weighted by Crippen LogP contribution is 2.38. The minimum Gasteiger partial charge on any atom is -0.334 e. The number of hydrogen-bond donors (Lipinski definition) is 0. The first-order chi connectivity index (χ1) is 15.8. The topological polar surface area (TPSA) is 74.3 Å². The van der Waals surface area contributed by atoms with Crippen molar-refractivity contribution < 1.29 is 13.6 Å². The SMILES string of the molecule is C[C@@H]1N=C(c2c(F)cccc2F)c2c(ccc(Cl)c2Cl)-n2cc(C(=O)N3CC(C#N)C3)nc21. The number of carbonyl (C=O) groups is 1. The molecule has 0 aliphatic carbocycles. The Kier molecular flexibility index (Phi) is 5.19. The fourth-order valence-corrected chi connectivity index (χ4v) is 4.48. The van der Waals surface area contributed by atoms with Gasteiger partial charge in [0.15, 0.2) is 0 Å². The molecule has 0 unspecified atom stereocenters. The van der Waals surface area contributed by atoms with E-state index in [1.807, 2.05) is 0 Å². The molecule has 0 saturated carbocycles. The van der Waals surface area contributed by atoms with Crippen LogP contribution in [0.3, 0.4) is 0 Å². The molecule has 2 aromatic carbocycles. The molecule has 166 valence electrons. The van der Waals surface area contributed by atoms with Crippen molar-refractivity contribution in [3.05, 3.63) is 80.9 Å². The maximum absolute atomic E-state index is 14.7. The minimum atomic E-state index is -0.789. The van der Waals surface area contributed by atoms with Gasteiger partial charge in [-0.1, -0.05) is 29.3 Å². The Morgan fingerprint density at radius 1 is 1.15 bits per heavy atom. The zero-order chi connectivity index (χ0) is 23.4. The molecule has 1 aromatic heterocycles. The third-order valence-corrected chi connectivity index (χ3v) is 6.57. The molecule has 33 heavy (non-hydrogen) atoms. The molecule has 0 spiro atoms.